The third kappa shape index (κ3) is 5.58. The summed E-state index contributed by atoms with van der Waals surface area (Å²) in [5, 5.41) is 1.79. The molecule has 0 aromatic carbocycles. The second-order valence-corrected chi connectivity index (χ2v) is 6.47. The third-order valence-corrected chi connectivity index (χ3v) is 4.10. The Kier molecular flexibility index (Phi) is 5.67. The third-order valence-electron chi connectivity index (χ3n) is 4.10. The molecule has 2 aromatic rings. The summed E-state index contributed by atoms with van der Waals surface area (Å²) < 4.78 is 82.2. The van der Waals surface area contributed by atoms with Crippen molar-refractivity contribution in [1.29, 1.82) is 0 Å². The van der Waals surface area contributed by atoms with Crippen molar-refractivity contribution in [3.8, 4) is 5.88 Å². The Morgan fingerprint density at radius 3 is 2.41 bits per heavy atom. The van der Waals surface area contributed by atoms with Crippen molar-refractivity contribution in [3.05, 3.63) is 53.5 Å². The van der Waals surface area contributed by atoms with Crippen LogP contribution in [0.15, 0.2) is 36.5 Å². The van der Waals surface area contributed by atoms with Crippen molar-refractivity contribution in [2.75, 3.05) is 6.61 Å². The van der Waals surface area contributed by atoms with Gasteiger partial charge >= 0.3 is 12.4 Å². The normalized spacial score (nSPS) is 15.7. The number of carbonyl (C=O) groups is 1. The molecule has 0 radical (unpaired) electrons. The van der Waals surface area contributed by atoms with E-state index in [1.807, 2.05) is 0 Å². The summed E-state index contributed by atoms with van der Waals surface area (Å²) in [5.74, 6) is -1.66. The molecule has 2 heterocycles. The topological polar surface area (TPSA) is 64.1 Å². The van der Waals surface area contributed by atoms with Crippen LogP contribution in [0.25, 0.3) is 0 Å². The highest BCUT2D eigenvalue weighted by Crippen LogP contribution is 2.44. The Morgan fingerprint density at radius 2 is 1.86 bits per heavy atom. The van der Waals surface area contributed by atoms with Gasteiger partial charge in [-0.1, -0.05) is 12.1 Å². The van der Waals surface area contributed by atoms with Crippen LogP contribution in [-0.4, -0.2) is 34.8 Å². The molecule has 156 valence electrons. The van der Waals surface area contributed by atoms with Gasteiger partial charge in [-0.3, -0.25) is 9.78 Å². The first-order valence-corrected chi connectivity index (χ1v) is 8.53. The van der Waals surface area contributed by atoms with Crippen LogP contribution >= 0.6 is 0 Å². The standard InChI is InChI=1S/C18H15F6N3O2/c19-17(20,21)9-29-16-11(10-4-5-10)6-7-13(26-16)15(28)27-14(18(22,23)24)12-3-1-2-8-25-12/h1-3,6-8,10,14H,4-5,9H2,(H,27,28). The first kappa shape index (κ1) is 20.9. The van der Waals surface area contributed by atoms with Crippen LogP contribution < -0.4 is 10.1 Å². The number of pyridine rings is 2. The number of aromatic nitrogens is 2. The number of hydrogen-bond donors (Lipinski definition) is 1. The van der Waals surface area contributed by atoms with Crippen LogP contribution in [-0.2, 0) is 0 Å². The molecule has 29 heavy (non-hydrogen) atoms. The highest BCUT2D eigenvalue weighted by molar-refractivity contribution is 5.92. The van der Waals surface area contributed by atoms with Gasteiger partial charge in [0.1, 0.15) is 5.69 Å². The van der Waals surface area contributed by atoms with Crippen LogP contribution in [0.2, 0.25) is 0 Å². The Bertz CT molecular complexity index is 866. The molecule has 1 amide bonds. The Morgan fingerprint density at radius 1 is 1.14 bits per heavy atom. The minimum atomic E-state index is -4.84. The maximum atomic E-state index is 13.4. The SMILES string of the molecule is O=C(NC(c1ccccn1)C(F)(F)F)c1ccc(C2CC2)c(OCC(F)(F)F)n1. The maximum Gasteiger partial charge on any atom is 0.422 e. The second-order valence-electron chi connectivity index (χ2n) is 6.47. The van der Waals surface area contributed by atoms with Crippen LogP contribution in [0.3, 0.4) is 0 Å². The van der Waals surface area contributed by atoms with Crippen LogP contribution in [0.4, 0.5) is 26.3 Å². The highest BCUT2D eigenvalue weighted by atomic mass is 19.4. The molecule has 0 bridgehead atoms. The van der Waals surface area contributed by atoms with Crippen molar-refractivity contribution in [3.63, 3.8) is 0 Å². The number of rotatable bonds is 6. The van der Waals surface area contributed by atoms with Crippen molar-refractivity contribution >= 4 is 5.91 Å². The molecule has 1 saturated carbocycles. The fourth-order valence-corrected chi connectivity index (χ4v) is 2.62. The average molecular weight is 419 g/mol. The molecular formula is C18H15F6N3O2. The van der Waals surface area contributed by atoms with Gasteiger partial charge in [-0.2, -0.15) is 26.3 Å². The smallest absolute Gasteiger partial charge is 0.422 e. The van der Waals surface area contributed by atoms with Gasteiger partial charge in [0.25, 0.3) is 5.91 Å². The van der Waals surface area contributed by atoms with E-state index in [0.29, 0.717) is 5.56 Å². The summed E-state index contributed by atoms with van der Waals surface area (Å²) in [5.41, 5.74) is -0.531. The molecule has 1 unspecified atom stereocenters. The number of halogens is 6. The molecule has 1 aliphatic rings. The van der Waals surface area contributed by atoms with Crippen molar-refractivity contribution in [2.45, 2.75) is 37.2 Å². The van der Waals surface area contributed by atoms with Crippen LogP contribution in [0, 0.1) is 0 Å². The quantitative estimate of drug-likeness (QED) is 0.708. The summed E-state index contributed by atoms with van der Waals surface area (Å²) >= 11 is 0. The number of amides is 1. The lowest BCUT2D eigenvalue weighted by Crippen LogP contribution is -2.39. The van der Waals surface area contributed by atoms with E-state index in [1.54, 1.807) is 5.32 Å². The van der Waals surface area contributed by atoms with Crippen molar-refractivity contribution < 1.29 is 35.9 Å². The van der Waals surface area contributed by atoms with Gasteiger partial charge in [-0.25, -0.2) is 4.98 Å². The van der Waals surface area contributed by atoms with Gasteiger partial charge in [-0.05, 0) is 37.0 Å². The number of ether oxygens (including phenoxy) is 1. The minimum Gasteiger partial charge on any atom is -0.468 e. The summed E-state index contributed by atoms with van der Waals surface area (Å²) in [6.45, 7) is -1.62. The van der Waals surface area contributed by atoms with E-state index in [2.05, 4.69) is 9.97 Å². The maximum absolute atomic E-state index is 13.4. The number of carbonyl (C=O) groups excluding carboxylic acids is 1. The van der Waals surface area contributed by atoms with Gasteiger partial charge in [-0.15, -0.1) is 0 Å². The fraction of sp³-hybridized carbons (Fsp3) is 0.389. The summed E-state index contributed by atoms with van der Waals surface area (Å²) in [7, 11) is 0. The van der Waals surface area contributed by atoms with Gasteiger partial charge in [0.15, 0.2) is 12.6 Å². The van der Waals surface area contributed by atoms with E-state index < -0.39 is 48.2 Å². The first-order valence-electron chi connectivity index (χ1n) is 8.53. The molecule has 1 N–H and O–H groups in total. The fourth-order valence-electron chi connectivity index (χ4n) is 2.62. The zero-order valence-electron chi connectivity index (χ0n) is 14.7. The van der Waals surface area contributed by atoms with E-state index in [1.165, 1.54) is 18.2 Å². The number of hydrogen-bond acceptors (Lipinski definition) is 4. The van der Waals surface area contributed by atoms with Crippen LogP contribution in [0.1, 0.15) is 46.5 Å². The van der Waals surface area contributed by atoms with Crippen molar-refractivity contribution in [1.82, 2.24) is 15.3 Å². The predicted octanol–water partition coefficient (Wildman–Crippen LogP) is 4.33. The van der Waals surface area contributed by atoms with Gasteiger partial charge in [0, 0.05) is 11.8 Å². The van der Waals surface area contributed by atoms with Crippen molar-refractivity contribution in [2.24, 2.45) is 0 Å². The second kappa shape index (κ2) is 7.88. The molecule has 11 heteroatoms. The molecule has 2 aromatic heterocycles. The zero-order valence-corrected chi connectivity index (χ0v) is 14.7. The van der Waals surface area contributed by atoms with E-state index in [9.17, 15) is 31.1 Å². The highest BCUT2D eigenvalue weighted by Gasteiger charge is 2.43. The number of nitrogens with one attached hydrogen (secondary N) is 1. The first-order chi connectivity index (χ1) is 13.5. The molecule has 0 saturated heterocycles. The van der Waals surface area contributed by atoms with Gasteiger partial charge < -0.3 is 10.1 Å². The minimum absolute atomic E-state index is 0.0423. The molecular weight excluding hydrogens is 404 g/mol. The average Bonchev–Trinajstić information content (AvgIpc) is 3.48. The number of alkyl halides is 6. The van der Waals surface area contributed by atoms with E-state index >= 15 is 0 Å². The Balaban J connectivity index is 1.84. The lowest BCUT2D eigenvalue weighted by Gasteiger charge is -2.21. The predicted molar refractivity (Wildman–Crippen MR) is 88.3 cm³/mol. The van der Waals surface area contributed by atoms with Gasteiger partial charge in [0.05, 0.1) is 5.69 Å². The molecule has 1 aliphatic carbocycles. The summed E-state index contributed by atoms with van der Waals surface area (Å²) in [6, 6.07) is 3.96. The van der Waals surface area contributed by atoms with E-state index in [0.717, 1.165) is 31.2 Å². The Hall–Kier alpha value is -2.85. The van der Waals surface area contributed by atoms with Gasteiger partial charge in [0.2, 0.25) is 5.88 Å². The molecule has 3 rings (SSSR count). The largest absolute Gasteiger partial charge is 0.468 e. The lowest BCUT2D eigenvalue weighted by molar-refractivity contribution is -0.156. The van der Waals surface area contributed by atoms with Crippen LogP contribution in [0.5, 0.6) is 5.88 Å². The summed E-state index contributed by atoms with van der Waals surface area (Å²) in [4.78, 5) is 19.7. The molecule has 0 aliphatic heterocycles. The Labute approximate surface area is 161 Å². The molecule has 1 atom stereocenters. The number of nitrogens with zero attached hydrogens (tertiary/aromatic N) is 2. The molecule has 5 nitrogen and oxygen atoms in total. The van der Waals surface area contributed by atoms with E-state index in [4.69, 9.17) is 4.74 Å². The zero-order chi connectivity index (χ0) is 21.2. The summed E-state index contributed by atoms with van der Waals surface area (Å²) in [6.07, 6.45) is -6.86. The monoisotopic (exact) mass is 419 g/mol. The van der Waals surface area contributed by atoms with E-state index in [-0.39, 0.29) is 5.92 Å². The molecule has 1 fully saturated rings. The molecule has 0 spiro atoms. The lowest BCUT2D eigenvalue weighted by atomic mass is 10.1.